The highest BCUT2D eigenvalue weighted by Crippen LogP contribution is 2.18. The first kappa shape index (κ1) is 15.1. The first-order chi connectivity index (χ1) is 9.95. The number of hydrogen-bond acceptors (Lipinski definition) is 2. The number of carbonyl (C=O) groups excluding carboxylic acids is 1. The fourth-order valence-corrected chi connectivity index (χ4v) is 2.13. The molecule has 0 aromatic heterocycles. The van der Waals surface area contributed by atoms with Crippen LogP contribution in [0.5, 0.6) is 5.75 Å². The number of hydrogen-bond donors (Lipinski definition) is 1. The molecule has 110 valence electrons. The molecule has 0 unspecified atom stereocenters. The summed E-state index contributed by atoms with van der Waals surface area (Å²) in [7, 11) is 0. The topological polar surface area (TPSA) is 38.3 Å². The van der Waals surface area contributed by atoms with Gasteiger partial charge in [0.05, 0.1) is 0 Å². The number of aryl methyl sites for hydroxylation is 3. The second kappa shape index (κ2) is 6.44. The number of amides is 1. The zero-order chi connectivity index (χ0) is 15.4. The van der Waals surface area contributed by atoms with Crippen molar-refractivity contribution < 1.29 is 9.53 Å². The van der Waals surface area contributed by atoms with Crippen LogP contribution in [0.3, 0.4) is 0 Å². The van der Waals surface area contributed by atoms with Gasteiger partial charge in [0, 0.05) is 5.69 Å². The van der Waals surface area contributed by atoms with E-state index in [1.54, 1.807) is 6.92 Å². The lowest BCUT2D eigenvalue weighted by atomic mass is 10.1. The first-order valence-corrected chi connectivity index (χ1v) is 7.07. The molecule has 0 bridgehead atoms. The molecular weight excluding hydrogens is 262 g/mol. The fourth-order valence-electron chi connectivity index (χ4n) is 2.13. The van der Waals surface area contributed by atoms with Gasteiger partial charge in [0.25, 0.3) is 5.91 Å². The van der Waals surface area contributed by atoms with Crippen LogP contribution in [0.15, 0.2) is 42.5 Å². The summed E-state index contributed by atoms with van der Waals surface area (Å²) < 4.78 is 5.68. The summed E-state index contributed by atoms with van der Waals surface area (Å²) in [6, 6.07) is 13.6. The number of nitrogens with one attached hydrogen (secondary N) is 1. The van der Waals surface area contributed by atoms with Crippen LogP contribution in [0, 0.1) is 20.8 Å². The van der Waals surface area contributed by atoms with Gasteiger partial charge in [-0.15, -0.1) is 0 Å². The molecule has 2 rings (SSSR count). The third kappa shape index (κ3) is 4.09. The summed E-state index contributed by atoms with van der Waals surface area (Å²) in [5, 5.41) is 2.91. The van der Waals surface area contributed by atoms with Crippen LogP contribution >= 0.6 is 0 Å². The van der Waals surface area contributed by atoms with Crippen molar-refractivity contribution in [3.8, 4) is 5.75 Å². The van der Waals surface area contributed by atoms with Crippen molar-refractivity contribution in [3.05, 3.63) is 59.2 Å². The molecule has 0 aliphatic carbocycles. The van der Waals surface area contributed by atoms with E-state index in [0.29, 0.717) is 5.75 Å². The summed E-state index contributed by atoms with van der Waals surface area (Å²) >= 11 is 0. The zero-order valence-electron chi connectivity index (χ0n) is 12.9. The second-order valence-electron chi connectivity index (χ2n) is 5.38. The highest BCUT2D eigenvalue weighted by Gasteiger charge is 2.15. The molecule has 3 heteroatoms. The third-order valence-electron chi connectivity index (χ3n) is 3.31. The van der Waals surface area contributed by atoms with Gasteiger partial charge >= 0.3 is 0 Å². The number of benzene rings is 2. The fraction of sp³-hybridized carbons (Fsp3) is 0.278. The average Bonchev–Trinajstić information content (AvgIpc) is 2.41. The van der Waals surface area contributed by atoms with Crippen molar-refractivity contribution in [2.45, 2.75) is 33.8 Å². The molecule has 1 atom stereocenters. The standard InChI is InChI=1S/C18H21NO2/c1-12-6-5-7-16(11-12)21-15(4)18(20)19-17-9-8-13(2)10-14(17)3/h5-11,15H,1-4H3,(H,19,20)/t15-/m0/s1. The molecule has 2 aromatic carbocycles. The number of rotatable bonds is 4. The van der Waals surface area contributed by atoms with Crippen molar-refractivity contribution in [1.29, 1.82) is 0 Å². The van der Waals surface area contributed by atoms with E-state index in [9.17, 15) is 4.79 Å². The monoisotopic (exact) mass is 283 g/mol. The lowest BCUT2D eigenvalue weighted by Crippen LogP contribution is -2.30. The Morgan fingerprint density at radius 3 is 2.43 bits per heavy atom. The van der Waals surface area contributed by atoms with Crippen LogP contribution in [0.4, 0.5) is 5.69 Å². The average molecular weight is 283 g/mol. The predicted molar refractivity (Wildman–Crippen MR) is 85.8 cm³/mol. The quantitative estimate of drug-likeness (QED) is 0.920. The number of carbonyl (C=O) groups is 1. The number of ether oxygens (including phenoxy) is 1. The van der Waals surface area contributed by atoms with Crippen molar-refractivity contribution in [3.63, 3.8) is 0 Å². The molecule has 0 saturated carbocycles. The van der Waals surface area contributed by atoms with Crippen LogP contribution in [-0.4, -0.2) is 12.0 Å². The van der Waals surface area contributed by atoms with Crippen LogP contribution in [-0.2, 0) is 4.79 Å². The molecule has 0 heterocycles. The molecule has 1 N–H and O–H groups in total. The lowest BCUT2D eigenvalue weighted by molar-refractivity contribution is -0.122. The second-order valence-corrected chi connectivity index (χ2v) is 5.38. The van der Waals surface area contributed by atoms with E-state index in [4.69, 9.17) is 4.74 Å². The van der Waals surface area contributed by atoms with Gasteiger partial charge in [0.2, 0.25) is 0 Å². The van der Waals surface area contributed by atoms with Crippen molar-refractivity contribution in [2.24, 2.45) is 0 Å². The molecule has 0 aliphatic rings. The maximum Gasteiger partial charge on any atom is 0.265 e. The Bertz CT molecular complexity index is 649. The van der Waals surface area contributed by atoms with E-state index >= 15 is 0 Å². The Balaban J connectivity index is 2.02. The summed E-state index contributed by atoms with van der Waals surface area (Å²) in [4.78, 5) is 12.2. The molecule has 21 heavy (non-hydrogen) atoms. The summed E-state index contributed by atoms with van der Waals surface area (Å²) in [6.07, 6.45) is -0.549. The molecule has 0 aliphatic heterocycles. The van der Waals surface area contributed by atoms with Gasteiger partial charge in [0.1, 0.15) is 5.75 Å². The minimum absolute atomic E-state index is 0.150. The minimum Gasteiger partial charge on any atom is -0.481 e. The van der Waals surface area contributed by atoms with Crippen molar-refractivity contribution in [2.75, 3.05) is 5.32 Å². The largest absolute Gasteiger partial charge is 0.481 e. The van der Waals surface area contributed by atoms with Gasteiger partial charge < -0.3 is 10.1 Å². The maximum absolute atomic E-state index is 12.2. The smallest absolute Gasteiger partial charge is 0.265 e. The summed E-state index contributed by atoms with van der Waals surface area (Å²) in [5.74, 6) is 0.557. The highest BCUT2D eigenvalue weighted by molar-refractivity contribution is 5.94. The van der Waals surface area contributed by atoms with Crippen LogP contribution in [0.2, 0.25) is 0 Å². The third-order valence-corrected chi connectivity index (χ3v) is 3.31. The molecule has 0 radical (unpaired) electrons. The van der Waals surface area contributed by atoms with Crippen molar-refractivity contribution >= 4 is 11.6 Å². The molecule has 1 amide bonds. The molecule has 0 fully saturated rings. The van der Waals surface area contributed by atoms with E-state index in [1.807, 2.05) is 63.2 Å². The Kier molecular flexibility index (Phi) is 4.63. The van der Waals surface area contributed by atoms with E-state index in [0.717, 1.165) is 16.8 Å². The van der Waals surface area contributed by atoms with E-state index < -0.39 is 6.10 Å². The van der Waals surface area contributed by atoms with Gasteiger partial charge in [-0.1, -0.05) is 29.8 Å². The van der Waals surface area contributed by atoms with E-state index in [1.165, 1.54) is 5.56 Å². The summed E-state index contributed by atoms with van der Waals surface area (Å²) in [5.41, 5.74) is 4.15. The van der Waals surface area contributed by atoms with Gasteiger partial charge in [-0.2, -0.15) is 0 Å². The van der Waals surface area contributed by atoms with Gasteiger partial charge in [-0.3, -0.25) is 4.79 Å². The van der Waals surface area contributed by atoms with Crippen LogP contribution in [0.1, 0.15) is 23.6 Å². The molecule has 0 spiro atoms. The van der Waals surface area contributed by atoms with E-state index in [-0.39, 0.29) is 5.91 Å². The minimum atomic E-state index is -0.549. The van der Waals surface area contributed by atoms with E-state index in [2.05, 4.69) is 5.32 Å². The Morgan fingerprint density at radius 1 is 1.05 bits per heavy atom. The summed E-state index contributed by atoms with van der Waals surface area (Å²) in [6.45, 7) is 7.76. The zero-order valence-corrected chi connectivity index (χ0v) is 12.9. The van der Waals surface area contributed by atoms with Gasteiger partial charge in [-0.05, 0) is 57.0 Å². The first-order valence-electron chi connectivity index (χ1n) is 7.07. The van der Waals surface area contributed by atoms with Gasteiger partial charge in [0.15, 0.2) is 6.10 Å². The van der Waals surface area contributed by atoms with Crippen molar-refractivity contribution in [1.82, 2.24) is 0 Å². The normalized spacial score (nSPS) is 11.8. The molecular formula is C18H21NO2. The Morgan fingerprint density at radius 2 is 1.76 bits per heavy atom. The maximum atomic E-state index is 12.2. The van der Waals surface area contributed by atoms with Crippen LogP contribution in [0.25, 0.3) is 0 Å². The number of anilines is 1. The van der Waals surface area contributed by atoms with Gasteiger partial charge in [-0.25, -0.2) is 0 Å². The predicted octanol–water partition coefficient (Wildman–Crippen LogP) is 4.02. The van der Waals surface area contributed by atoms with Crippen LogP contribution < -0.4 is 10.1 Å². The Hall–Kier alpha value is -2.29. The molecule has 0 saturated heterocycles. The Labute approximate surface area is 126 Å². The highest BCUT2D eigenvalue weighted by atomic mass is 16.5. The SMILES string of the molecule is Cc1cccc(O[C@@H](C)C(=O)Nc2ccc(C)cc2C)c1. The lowest BCUT2D eigenvalue weighted by Gasteiger charge is -2.16. The molecule has 3 nitrogen and oxygen atoms in total. The molecule has 2 aromatic rings.